The van der Waals surface area contributed by atoms with Crippen LogP contribution in [0.15, 0.2) is 47.1 Å². The number of aryl methyl sites for hydroxylation is 1. The largest absolute Gasteiger partial charge is 0.294 e. The second kappa shape index (κ2) is 5.23. The van der Waals surface area contributed by atoms with Gasteiger partial charge in [-0.3, -0.25) is 9.78 Å². The molecule has 0 saturated carbocycles. The van der Waals surface area contributed by atoms with Gasteiger partial charge in [0.15, 0.2) is 5.78 Å². The van der Waals surface area contributed by atoms with Crippen molar-refractivity contribution in [3.8, 4) is 0 Å². The molecule has 0 fully saturated rings. The first kappa shape index (κ1) is 12.0. The molecule has 0 spiro atoms. The predicted molar refractivity (Wildman–Crippen MR) is 71.2 cm³/mol. The number of pyridine rings is 1. The second-order valence-corrected chi connectivity index (χ2v) is 4.85. The Morgan fingerprint density at radius 1 is 1.18 bits per heavy atom. The van der Waals surface area contributed by atoms with Crippen molar-refractivity contribution in [3.63, 3.8) is 0 Å². The molecule has 0 atom stereocenters. The maximum Gasteiger partial charge on any atom is 0.168 e. The minimum atomic E-state index is 0.0971. The fourth-order valence-electron chi connectivity index (χ4n) is 1.52. The average molecular weight is 290 g/mol. The fourth-order valence-corrected chi connectivity index (χ4v) is 1.75. The van der Waals surface area contributed by atoms with Crippen LogP contribution < -0.4 is 0 Å². The van der Waals surface area contributed by atoms with E-state index in [-0.39, 0.29) is 5.78 Å². The van der Waals surface area contributed by atoms with Crippen molar-refractivity contribution in [1.29, 1.82) is 0 Å². The molecule has 0 aliphatic heterocycles. The maximum atomic E-state index is 12.0. The van der Waals surface area contributed by atoms with Gasteiger partial charge in [-0.05, 0) is 35.0 Å². The number of benzene rings is 1. The Labute approximate surface area is 109 Å². The number of hydrogen-bond acceptors (Lipinski definition) is 2. The van der Waals surface area contributed by atoms with Crippen molar-refractivity contribution in [3.05, 3.63) is 63.9 Å². The molecule has 0 amide bonds. The number of carbonyl (C=O) groups excluding carboxylic acids is 1. The third-order valence-corrected chi connectivity index (χ3v) is 2.97. The van der Waals surface area contributed by atoms with E-state index in [1.165, 1.54) is 0 Å². The van der Waals surface area contributed by atoms with Gasteiger partial charge in [0, 0.05) is 21.9 Å². The van der Waals surface area contributed by atoms with Crippen molar-refractivity contribution >= 4 is 21.7 Å². The lowest BCUT2D eigenvalue weighted by atomic mass is 10.0. The summed E-state index contributed by atoms with van der Waals surface area (Å²) in [5.41, 5.74) is 2.68. The van der Waals surface area contributed by atoms with Gasteiger partial charge < -0.3 is 0 Å². The maximum absolute atomic E-state index is 12.0. The topological polar surface area (TPSA) is 30.0 Å². The number of aromatic nitrogens is 1. The monoisotopic (exact) mass is 289 g/mol. The van der Waals surface area contributed by atoms with Gasteiger partial charge in [-0.15, -0.1) is 0 Å². The number of halogens is 1. The number of carbonyl (C=O) groups is 1. The number of hydrogen-bond donors (Lipinski definition) is 0. The van der Waals surface area contributed by atoms with E-state index in [9.17, 15) is 4.79 Å². The van der Waals surface area contributed by atoms with Gasteiger partial charge in [0.25, 0.3) is 0 Å². The van der Waals surface area contributed by atoms with Gasteiger partial charge >= 0.3 is 0 Å². The molecular weight excluding hydrogens is 278 g/mol. The molecule has 1 aromatic carbocycles. The van der Waals surface area contributed by atoms with Gasteiger partial charge in [-0.2, -0.15) is 0 Å². The van der Waals surface area contributed by atoms with E-state index in [1.54, 1.807) is 6.20 Å². The third-order valence-electron chi connectivity index (χ3n) is 2.50. The molecule has 2 rings (SSSR count). The van der Waals surface area contributed by atoms with Crippen LogP contribution in [0.3, 0.4) is 0 Å². The summed E-state index contributed by atoms with van der Waals surface area (Å²) in [5, 5.41) is 0. The SMILES string of the molecule is Cc1ccc(C(=O)Cc2ccc(Br)cn2)cc1. The summed E-state index contributed by atoms with van der Waals surface area (Å²) in [6.07, 6.45) is 2.05. The zero-order valence-electron chi connectivity index (χ0n) is 9.48. The van der Waals surface area contributed by atoms with Gasteiger partial charge in [-0.25, -0.2) is 0 Å². The minimum Gasteiger partial charge on any atom is -0.294 e. The highest BCUT2D eigenvalue weighted by molar-refractivity contribution is 9.10. The first-order chi connectivity index (χ1) is 8.15. The van der Waals surface area contributed by atoms with E-state index in [4.69, 9.17) is 0 Å². The van der Waals surface area contributed by atoms with Gasteiger partial charge in [0.05, 0.1) is 6.42 Å². The summed E-state index contributed by atoms with van der Waals surface area (Å²) in [6, 6.07) is 11.4. The summed E-state index contributed by atoms with van der Waals surface area (Å²) in [6.45, 7) is 2.00. The van der Waals surface area contributed by atoms with Crippen molar-refractivity contribution < 1.29 is 4.79 Å². The molecule has 1 aromatic heterocycles. The van der Waals surface area contributed by atoms with Crippen LogP contribution in [0.25, 0.3) is 0 Å². The lowest BCUT2D eigenvalue weighted by Gasteiger charge is -2.01. The molecule has 0 bridgehead atoms. The Bertz CT molecular complexity index is 517. The van der Waals surface area contributed by atoms with Crippen molar-refractivity contribution in [2.24, 2.45) is 0 Å². The molecule has 17 heavy (non-hydrogen) atoms. The number of Topliss-reactive ketones (excluding diaryl/α,β-unsaturated/α-hetero) is 1. The molecule has 86 valence electrons. The summed E-state index contributed by atoms with van der Waals surface area (Å²) in [7, 11) is 0. The van der Waals surface area contributed by atoms with Crippen LogP contribution in [0, 0.1) is 6.92 Å². The average Bonchev–Trinajstić information content (AvgIpc) is 2.33. The Hall–Kier alpha value is -1.48. The second-order valence-electron chi connectivity index (χ2n) is 3.93. The Balaban J connectivity index is 2.11. The summed E-state index contributed by atoms with van der Waals surface area (Å²) in [5.74, 6) is 0.0971. The van der Waals surface area contributed by atoms with Crippen molar-refractivity contribution in [1.82, 2.24) is 4.98 Å². The van der Waals surface area contributed by atoms with Gasteiger partial charge in [-0.1, -0.05) is 29.8 Å². The Kier molecular flexibility index (Phi) is 3.69. The fraction of sp³-hybridized carbons (Fsp3) is 0.143. The third kappa shape index (κ3) is 3.24. The molecule has 0 aliphatic rings. The zero-order chi connectivity index (χ0) is 12.3. The number of rotatable bonds is 3. The molecule has 0 saturated heterocycles. The summed E-state index contributed by atoms with van der Waals surface area (Å²) in [4.78, 5) is 16.2. The van der Waals surface area contributed by atoms with Crippen LogP contribution in [0.2, 0.25) is 0 Å². The molecule has 0 aliphatic carbocycles. The highest BCUT2D eigenvalue weighted by Crippen LogP contribution is 2.10. The predicted octanol–water partition coefficient (Wildman–Crippen LogP) is 3.58. The number of nitrogens with zero attached hydrogens (tertiary/aromatic N) is 1. The van der Waals surface area contributed by atoms with E-state index in [0.717, 1.165) is 21.3 Å². The van der Waals surface area contributed by atoms with E-state index in [2.05, 4.69) is 20.9 Å². The number of ketones is 1. The standard InChI is InChI=1S/C14H12BrNO/c1-10-2-4-11(5-3-10)14(17)8-13-7-6-12(15)9-16-13/h2-7,9H,8H2,1H3. The Morgan fingerprint density at radius 2 is 1.88 bits per heavy atom. The molecule has 1 heterocycles. The van der Waals surface area contributed by atoms with E-state index < -0.39 is 0 Å². The first-order valence-corrected chi connectivity index (χ1v) is 6.15. The van der Waals surface area contributed by atoms with Crippen LogP contribution in [0.1, 0.15) is 21.6 Å². The molecule has 2 nitrogen and oxygen atoms in total. The normalized spacial score (nSPS) is 10.2. The molecule has 3 heteroatoms. The lowest BCUT2D eigenvalue weighted by molar-refractivity contribution is 0.0992. The lowest BCUT2D eigenvalue weighted by Crippen LogP contribution is -2.04. The van der Waals surface area contributed by atoms with Crippen molar-refractivity contribution in [2.75, 3.05) is 0 Å². The molecule has 0 N–H and O–H groups in total. The Morgan fingerprint density at radius 3 is 2.47 bits per heavy atom. The van der Waals surface area contributed by atoms with Gasteiger partial charge in [0.2, 0.25) is 0 Å². The molecule has 0 unspecified atom stereocenters. The van der Waals surface area contributed by atoms with Gasteiger partial charge in [0.1, 0.15) is 0 Å². The van der Waals surface area contributed by atoms with Crippen LogP contribution >= 0.6 is 15.9 Å². The van der Waals surface area contributed by atoms with Crippen LogP contribution in [0.5, 0.6) is 0 Å². The molecular formula is C14H12BrNO. The van der Waals surface area contributed by atoms with E-state index >= 15 is 0 Å². The van der Waals surface area contributed by atoms with Crippen LogP contribution in [-0.4, -0.2) is 10.8 Å². The van der Waals surface area contributed by atoms with Crippen LogP contribution in [0.4, 0.5) is 0 Å². The van der Waals surface area contributed by atoms with E-state index in [0.29, 0.717) is 6.42 Å². The highest BCUT2D eigenvalue weighted by atomic mass is 79.9. The molecule has 2 aromatic rings. The minimum absolute atomic E-state index is 0.0971. The highest BCUT2D eigenvalue weighted by Gasteiger charge is 2.07. The summed E-state index contributed by atoms with van der Waals surface area (Å²) >= 11 is 3.32. The smallest absolute Gasteiger partial charge is 0.168 e. The quantitative estimate of drug-likeness (QED) is 0.809. The first-order valence-electron chi connectivity index (χ1n) is 5.35. The molecule has 0 radical (unpaired) electrons. The van der Waals surface area contributed by atoms with E-state index in [1.807, 2.05) is 43.3 Å². The summed E-state index contributed by atoms with van der Waals surface area (Å²) < 4.78 is 0.920. The zero-order valence-corrected chi connectivity index (χ0v) is 11.1. The van der Waals surface area contributed by atoms with Crippen molar-refractivity contribution in [2.45, 2.75) is 13.3 Å². The van der Waals surface area contributed by atoms with Crippen LogP contribution in [-0.2, 0) is 6.42 Å².